The Balaban J connectivity index is 2.08. The van der Waals surface area contributed by atoms with Crippen molar-refractivity contribution >= 4 is 35.5 Å². The molecule has 1 aromatic carbocycles. The van der Waals surface area contributed by atoms with Crippen LogP contribution in [0.25, 0.3) is 0 Å². The number of nitrogens with one attached hydrogen (secondary N) is 1. The number of carbonyl (C=O) groups excluding carboxylic acids is 4. The quantitative estimate of drug-likeness (QED) is 0.248. The summed E-state index contributed by atoms with van der Waals surface area (Å²) >= 11 is 1.66. The summed E-state index contributed by atoms with van der Waals surface area (Å²) in [5.41, 5.74) is 2.91. The topological polar surface area (TPSA) is 108 Å². The van der Waals surface area contributed by atoms with Gasteiger partial charge in [0.2, 0.25) is 0 Å². The van der Waals surface area contributed by atoms with Crippen molar-refractivity contribution in [1.29, 1.82) is 0 Å². The second-order valence-corrected chi connectivity index (χ2v) is 9.88. The highest BCUT2D eigenvalue weighted by Crippen LogP contribution is 2.45. The molecule has 8 nitrogen and oxygen atoms in total. The van der Waals surface area contributed by atoms with Crippen LogP contribution in [0.1, 0.15) is 49.0 Å². The van der Waals surface area contributed by atoms with Crippen molar-refractivity contribution in [2.45, 2.75) is 33.1 Å². The van der Waals surface area contributed by atoms with Crippen LogP contribution >= 0.6 is 11.8 Å². The van der Waals surface area contributed by atoms with E-state index in [2.05, 4.69) is 5.32 Å². The van der Waals surface area contributed by atoms with Gasteiger partial charge in [0.1, 0.15) is 12.5 Å². The van der Waals surface area contributed by atoms with Crippen LogP contribution in [0.4, 0.5) is 0 Å². The third-order valence-electron chi connectivity index (χ3n) is 6.29. The average Bonchev–Trinajstić information content (AvgIpc) is 2.85. The van der Waals surface area contributed by atoms with E-state index in [9.17, 15) is 19.2 Å². The van der Waals surface area contributed by atoms with Crippen molar-refractivity contribution in [3.63, 3.8) is 0 Å². The Hall–Kier alpha value is -3.07. The zero-order valence-electron chi connectivity index (χ0n) is 20.6. The van der Waals surface area contributed by atoms with Crippen LogP contribution in [0, 0.1) is 11.8 Å². The molecular weight excluding hydrogens is 470 g/mol. The molecule has 1 aliphatic heterocycles. The van der Waals surface area contributed by atoms with Crippen LogP contribution in [0.3, 0.4) is 0 Å². The van der Waals surface area contributed by atoms with Gasteiger partial charge in [-0.25, -0.2) is 9.59 Å². The molecule has 3 atom stereocenters. The number of benzene rings is 1. The molecule has 0 saturated carbocycles. The van der Waals surface area contributed by atoms with Crippen LogP contribution in [0.15, 0.2) is 46.8 Å². The number of ether oxygens (including phenoxy) is 3. The van der Waals surface area contributed by atoms with Crippen molar-refractivity contribution in [2.24, 2.45) is 11.8 Å². The minimum Gasteiger partial charge on any atom is -0.468 e. The Kier molecular flexibility index (Phi) is 8.77. The fourth-order valence-electron chi connectivity index (χ4n) is 4.63. The molecule has 35 heavy (non-hydrogen) atoms. The first-order valence-electron chi connectivity index (χ1n) is 11.5. The lowest BCUT2D eigenvalue weighted by atomic mass is 9.69. The van der Waals surface area contributed by atoms with Crippen LogP contribution in [-0.4, -0.2) is 56.0 Å². The Labute approximate surface area is 209 Å². The van der Waals surface area contributed by atoms with Gasteiger partial charge in [-0.1, -0.05) is 26.0 Å². The van der Waals surface area contributed by atoms with Crippen molar-refractivity contribution in [2.75, 3.05) is 32.3 Å². The van der Waals surface area contributed by atoms with Crippen molar-refractivity contribution in [3.05, 3.63) is 57.9 Å². The number of rotatable bonds is 8. The molecule has 0 radical (unpaired) electrons. The molecule has 1 aliphatic carbocycles. The lowest BCUT2D eigenvalue weighted by Gasteiger charge is -2.38. The normalized spacial score (nSPS) is 21.7. The molecule has 0 aromatic heterocycles. The SMILES string of the molecule is CCSCCOC(=O)C1=C(C)NC2=C(C(=O)[C@@H](C(=O)OC)[C@H](C)C2)[C@@H]1c1ccc(C(=O)OC)cc1. The number of carbonyl (C=O) groups is 4. The third-order valence-corrected chi connectivity index (χ3v) is 7.16. The van der Waals surface area contributed by atoms with Crippen LogP contribution in [-0.2, 0) is 28.6 Å². The van der Waals surface area contributed by atoms with E-state index in [1.54, 1.807) is 43.0 Å². The minimum absolute atomic E-state index is 0.240. The number of dihydropyridines is 1. The number of esters is 3. The molecular formula is C26H31NO7S. The Bertz CT molecular complexity index is 1070. The molecule has 2 aliphatic rings. The summed E-state index contributed by atoms with van der Waals surface area (Å²) in [5, 5.41) is 3.23. The van der Waals surface area contributed by atoms with E-state index in [1.165, 1.54) is 14.2 Å². The predicted molar refractivity (Wildman–Crippen MR) is 132 cm³/mol. The van der Waals surface area contributed by atoms with Gasteiger partial charge in [0.05, 0.1) is 25.4 Å². The van der Waals surface area contributed by atoms with Gasteiger partial charge in [0, 0.05) is 28.6 Å². The molecule has 0 fully saturated rings. The molecule has 0 amide bonds. The van der Waals surface area contributed by atoms with Gasteiger partial charge >= 0.3 is 17.9 Å². The highest BCUT2D eigenvalue weighted by atomic mass is 32.2. The van der Waals surface area contributed by atoms with E-state index < -0.39 is 29.7 Å². The third kappa shape index (κ3) is 5.45. The number of methoxy groups -OCH3 is 2. The van der Waals surface area contributed by atoms with Crippen LogP contribution in [0.5, 0.6) is 0 Å². The zero-order valence-corrected chi connectivity index (χ0v) is 21.5. The van der Waals surface area contributed by atoms with E-state index in [-0.39, 0.29) is 18.3 Å². The first kappa shape index (κ1) is 26.5. The average molecular weight is 502 g/mol. The Morgan fingerprint density at radius 1 is 1.09 bits per heavy atom. The van der Waals surface area contributed by atoms with Crippen molar-refractivity contribution < 1.29 is 33.4 Å². The lowest BCUT2D eigenvalue weighted by molar-refractivity contribution is -0.151. The number of ketones is 1. The summed E-state index contributed by atoms with van der Waals surface area (Å²) in [6.07, 6.45) is 0.449. The number of Topliss-reactive ketones (excluding diaryl/α,β-unsaturated/α-hetero) is 1. The second kappa shape index (κ2) is 11.6. The maximum Gasteiger partial charge on any atom is 0.337 e. The largest absolute Gasteiger partial charge is 0.468 e. The summed E-state index contributed by atoms with van der Waals surface area (Å²) in [7, 11) is 2.56. The summed E-state index contributed by atoms with van der Waals surface area (Å²) in [5.74, 6) is -2.40. The molecule has 1 heterocycles. The second-order valence-electron chi connectivity index (χ2n) is 8.48. The smallest absolute Gasteiger partial charge is 0.337 e. The van der Waals surface area contributed by atoms with Gasteiger partial charge in [-0.2, -0.15) is 11.8 Å². The van der Waals surface area contributed by atoms with Gasteiger partial charge in [-0.15, -0.1) is 0 Å². The Morgan fingerprint density at radius 3 is 2.37 bits per heavy atom. The highest BCUT2D eigenvalue weighted by molar-refractivity contribution is 7.99. The molecule has 0 bridgehead atoms. The van der Waals surface area contributed by atoms with Crippen molar-refractivity contribution in [3.8, 4) is 0 Å². The van der Waals surface area contributed by atoms with Gasteiger partial charge in [-0.3, -0.25) is 9.59 Å². The standard InChI is InChI=1S/C26H31NO7S/c1-6-35-12-11-34-26(31)20-15(3)27-18-13-14(2)19(25(30)33-5)23(28)22(18)21(20)16-7-9-17(10-8-16)24(29)32-4/h7-10,14,19,21,27H,6,11-13H2,1-5H3/t14-,19+,21-/m1/s1. The van der Waals surface area contributed by atoms with Crippen LogP contribution < -0.4 is 5.32 Å². The van der Waals surface area contributed by atoms with Gasteiger partial charge in [-0.05, 0) is 42.7 Å². The van der Waals surface area contributed by atoms with E-state index in [0.717, 1.165) is 5.75 Å². The molecule has 9 heteroatoms. The number of hydrogen-bond acceptors (Lipinski definition) is 9. The summed E-state index contributed by atoms with van der Waals surface area (Å²) in [4.78, 5) is 51.4. The number of hydrogen-bond donors (Lipinski definition) is 1. The molecule has 0 saturated heterocycles. The fraction of sp³-hybridized carbons (Fsp3) is 0.462. The van der Waals surface area contributed by atoms with Gasteiger partial charge in [0.15, 0.2) is 5.78 Å². The van der Waals surface area contributed by atoms with Crippen molar-refractivity contribution in [1.82, 2.24) is 5.32 Å². The first-order valence-corrected chi connectivity index (χ1v) is 12.7. The van der Waals surface area contributed by atoms with Crippen LogP contribution in [0.2, 0.25) is 0 Å². The highest BCUT2D eigenvalue weighted by Gasteiger charge is 2.47. The Morgan fingerprint density at radius 2 is 1.77 bits per heavy atom. The van der Waals surface area contributed by atoms with E-state index in [1.807, 2.05) is 13.8 Å². The van der Waals surface area contributed by atoms with E-state index >= 15 is 0 Å². The fourth-order valence-corrected chi connectivity index (χ4v) is 5.12. The monoisotopic (exact) mass is 501 g/mol. The molecule has 0 unspecified atom stereocenters. The molecule has 1 N–H and O–H groups in total. The maximum atomic E-state index is 13.7. The maximum absolute atomic E-state index is 13.7. The van der Waals surface area contributed by atoms with E-state index in [4.69, 9.17) is 14.2 Å². The zero-order chi connectivity index (χ0) is 25.7. The summed E-state index contributed by atoms with van der Waals surface area (Å²) in [6.45, 7) is 5.88. The summed E-state index contributed by atoms with van der Waals surface area (Å²) < 4.78 is 15.3. The number of allylic oxidation sites excluding steroid dienone is 3. The van der Waals surface area contributed by atoms with Gasteiger partial charge < -0.3 is 19.5 Å². The lowest BCUT2D eigenvalue weighted by Crippen LogP contribution is -2.43. The predicted octanol–water partition coefficient (Wildman–Crippen LogP) is 3.38. The molecule has 188 valence electrons. The van der Waals surface area contributed by atoms with E-state index in [0.29, 0.717) is 45.8 Å². The first-order chi connectivity index (χ1) is 16.7. The molecule has 1 aromatic rings. The summed E-state index contributed by atoms with van der Waals surface area (Å²) in [6, 6.07) is 6.57. The number of thioether (sulfide) groups is 1. The minimum atomic E-state index is -0.964. The molecule has 0 spiro atoms. The molecule has 3 rings (SSSR count). The van der Waals surface area contributed by atoms with Gasteiger partial charge in [0.25, 0.3) is 0 Å².